The van der Waals surface area contributed by atoms with Crippen molar-refractivity contribution in [2.45, 2.75) is 26.2 Å². The molecule has 0 aliphatic carbocycles. The van der Waals surface area contributed by atoms with Gasteiger partial charge in [0.25, 0.3) is 0 Å². The van der Waals surface area contributed by atoms with Gasteiger partial charge in [0.2, 0.25) is 0 Å². The van der Waals surface area contributed by atoms with Gasteiger partial charge in [-0.1, -0.05) is 20.8 Å². The molecule has 1 aromatic rings. The number of nitrogens with zero attached hydrogens (tertiary/aromatic N) is 2. The lowest BCUT2D eigenvalue weighted by Gasteiger charge is -2.15. The Labute approximate surface area is 89.4 Å². The highest BCUT2D eigenvalue weighted by Gasteiger charge is 2.20. The van der Waals surface area contributed by atoms with Crippen molar-refractivity contribution in [1.82, 2.24) is 10.2 Å². The zero-order valence-corrected chi connectivity index (χ0v) is 9.79. The zero-order chi connectivity index (χ0) is 11.6. The van der Waals surface area contributed by atoms with E-state index in [0.717, 1.165) is 5.69 Å². The topological polar surface area (TPSA) is 58.2 Å². The van der Waals surface area contributed by atoms with E-state index in [1.165, 1.54) is 12.0 Å². The number of nitrogens with one attached hydrogen (secondary N) is 1. The molecule has 0 aliphatic heterocycles. The number of carbonyl (C=O) groups is 1. The molecule has 1 amide bonds. The number of H-pyrrole nitrogens is 1. The van der Waals surface area contributed by atoms with Crippen molar-refractivity contribution in [3.8, 4) is 0 Å². The van der Waals surface area contributed by atoms with Crippen LogP contribution in [0.5, 0.6) is 0 Å². The fourth-order valence-corrected chi connectivity index (χ4v) is 1.10. The summed E-state index contributed by atoms with van der Waals surface area (Å²) in [5, 5.41) is 6.96. The van der Waals surface area contributed by atoms with Crippen molar-refractivity contribution in [3.05, 3.63) is 11.8 Å². The molecule has 1 aromatic heterocycles. The van der Waals surface area contributed by atoms with E-state index in [9.17, 15) is 4.79 Å². The maximum atomic E-state index is 11.2. The molecule has 15 heavy (non-hydrogen) atoms. The minimum atomic E-state index is -0.429. The van der Waals surface area contributed by atoms with Crippen LogP contribution in [0.1, 0.15) is 26.5 Å². The van der Waals surface area contributed by atoms with Crippen molar-refractivity contribution >= 4 is 11.9 Å². The van der Waals surface area contributed by atoms with Gasteiger partial charge in [0.15, 0.2) is 5.82 Å². The molecule has 0 bridgehead atoms. The van der Waals surface area contributed by atoms with E-state index in [4.69, 9.17) is 0 Å². The molecule has 5 nitrogen and oxygen atoms in total. The smallest absolute Gasteiger partial charge is 0.414 e. The molecule has 1 heterocycles. The monoisotopic (exact) mass is 211 g/mol. The zero-order valence-electron chi connectivity index (χ0n) is 9.79. The number of amides is 1. The minimum absolute atomic E-state index is 0.0117. The molecule has 1 rings (SSSR count). The molecule has 0 spiro atoms. The Hall–Kier alpha value is -1.52. The van der Waals surface area contributed by atoms with E-state index in [1.807, 2.05) is 6.07 Å². The Morgan fingerprint density at radius 2 is 2.13 bits per heavy atom. The first-order valence-electron chi connectivity index (χ1n) is 4.74. The average molecular weight is 211 g/mol. The van der Waals surface area contributed by atoms with Crippen molar-refractivity contribution in [3.63, 3.8) is 0 Å². The van der Waals surface area contributed by atoms with Crippen LogP contribution >= 0.6 is 0 Å². The van der Waals surface area contributed by atoms with Crippen molar-refractivity contribution in [2.75, 3.05) is 19.1 Å². The summed E-state index contributed by atoms with van der Waals surface area (Å²) in [5.74, 6) is 0.562. The van der Waals surface area contributed by atoms with Crippen molar-refractivity contribution < 1.29 is 9.53 Å². The highest BCUT2D eigenvalue weighted by atomic mass is 16.5. The van der Waals surface area contributed by atoms with Gasteiger partial charge in [0.1, 0.15) is 0 Å². The number of carbonyl (C=O) groups excluding carboxylic acids is 1. The predicted octanol–water partition coefficient (Wildman–Crippen LogP) is 1.91. The van der Waals surface area contributed by atoms with E-state index in [2.05, 4.69) is 35.7 Å². The van der Waals surface area contributed by atoms with Crippen LogP contribution in [-0.2, 0) is 10.2 Å². The largest absolute Gasteiger partial charge is 0.452 e. The summed E-state index contributed by atoms with van der Waals surface area (Å²) in [4.78, 5) is 12.6. The van der Waals surface area contributed by atoms with E-state index >= 15 is 0 Å². The quantitative estimate of drug-likeness (QED) is 0.772. The standard InChI is InChI=1S/C10H17N3O2/c1-10(2,3)7-6-8(12-11-7)13(4)9(14)15-5/h6H,1-5H3,(H,11,12). The van der Waals surface area contributed by atoms with Crippen LogP contribution < -0.4 is 4.90 Å². The van der Waals surface area contributed by atoms with E-state index in [-0.39, 0.29) is 5.41 Å². The summed E-state index contributed by atoms with van der Waals surface area (Å²) in [6.45, 7) is 6.22. The molecule has 1 N–H and O–H groups in total. The predicted molar refractivity (Wildman–Crippen MR) is 58.1 cm³/mol. The third-order valence-corrected chi connectivity index (χ3v) is 2.16. The molecule has 0 aromatic carbocycles. The number of aromatic nitrogens is 2. The van der Waals surface area contributed by atoms with Gasteiger partial charge in [-0.3, -0.25) is 10.00 Å². The molecular formula is C10H17N3O2. The van der Waals surface area contributed by atoms with Crippen LogP contribution in [0.25, 0.3) is 0 Å². The van der Waals surface area contributed by atoms with Gasteiger partial charge in [0, 0.05) is 24.2 Å². The number of rotatable bonds is 1. The second-order valence-electron chi connectivity index (χ2n) is 4.42. The Bertz CT molecular complexity index is 352. The Morgan fingerprint density at radius 3 is 2.53 bits per heavy atom. The highest BCUT2D eigenvalue weighted by Crippen LogP contribution is 2.23. The van der Waals surface area contributed by atoms with Crippen LogP contribution in [0.3, 0.4) is 0 Å². The van der Waals surface area contributed by atoms with Gasteiger partial charge in [-0.2, -0.15) is 5.10 Å². The van der Waals surface area contributed by atoms with Crippen LogP contribution in [-0.4, -0.2) is 30.4 Å². The van der Waals surface area contributed by atoms with Crippen molar-refractivity contribution in [2.24, 2.45) is 0 Å². The first-order valence-corrected chi connectivity index (χ1v) is 4.74. The average Bonchev–Trinajstić information content (AvgIpc) is 2.63. The summed E-state index contributed by atoms with van der Waals surface area (Å²) in [6, 6.07) is 1.84. The van der Waals surface area contributed by atoms with Crippen LogP contribution in [0, 0.1) is 0 Å². The molecule has 0 saturated carbocycles. The second kappa shape index (κ2) is 3.92. The van der Waals surface area contributed by atoms with E-state index < -0.39 is 6.09 Å². The highest BCUT2D eigenvalue weighted by molar-refractivity contribution is 5.85. The van der Waals surface area contributed by atoms with Crippen LogP contribution in [0.15, 0.2) is 6.07 Å². The molecule has 5 heteroatoms. The van der Waals surface area contributed by atoms with Crippen LogP contribution in [0.2, 0.25) is 0 Å². The van der Waals surface area contributed by atoms with Crippen molar-refractivity contribution in [1.29, 1.82) is 0 Å². The number of hydrogen-bond acceptors (Lipinski definition) is 3. The summed E-state index contributed by atoms with van der Waals surface area (Å²) in [5.41, 5.74) is 0.968. The molecule has 0 radical (unpaired) electrons. The fraction of sp³-hybridized carbons (Fsp3) is 0.600. The molecule has 0 saturated heterocycles. The lowest BCUT2D eigenvalue weighted by molar-refractivity contribution is 0.180. The van der Waals surface area contributed by atoms with Gasteiger partial charge in [0.05, 0.1) is 7.11 Å². The molecule has 0 fully saturated rings. The summed E-state index contributed by atoms with van der Waals surface area (Å²) >= 11 is 0. The fourth-order valence-electron chi connectivity index (χ4n) is 1.10. The lowest BCUT2D eigenvalue weighted by Crippen LogP contribution is -2.26. The third-order valence-electron chi connectivity index (χ3n) is 2.16. The summed E-state index contributed by atoms with van der Waals surface area (Å²) < 4.78 is 4.59. The molecule has 0 aliphatic rings. The number of hydrogen-bond donors (Lipinski definition) is 1. The maximum Gasteiger partial charge on any atom is 0.414 e. The van der Waals surface area contributed by atoms with Gasteiger partial charge >= 0.3 is 6.09 Å². The molecule has 84 valence electrons. The first-order chi connectivity index (χ1) is 6.86. The van der Waals surface area contributed by atoms with Gasteiger partial charge in [-0.05, 0) is 0 Å². The SMILES string of the molecule is COC(=O)N(C)c1cc(C(C)(C)C)[nH]n1. The summed E-state index contributed by atoms with van der Waals surface area (Å²) in [6.07, 6.45) is -0.429. The lowest BCUT2D eigenvalue weighted by atomic mass is 9.92. The van der Waals surface area contributed by atoms with Gasteiger partial charge in [-0.15, -0.1) is 0 Å². The Balaban J connectivity index is 2.89. The number of aromatic amines is 1. The molecule has 0 atom stereocenters. The van der Waals surface area contributed by atoms with Gasteiger partial charge < -0.3 is 4.74 Å². The van der Waals surface area contributed by atoms with E-state index in [1.54, 1.807) is 7.05 Å². The number of methoxy groups -OCH3 is 1. The minimum Gasteiger partial charge on any atom is -0.452 e. The van der Waals surface area contributed by atoms with Crippen LogP contribution in [0.4, 0.5) is 10.6 Å². The molecule has 0 unspecified atom stereocenters. The Kier molecular flexibility index (Phi) is 3.02. The third kappa shape index (κ3) is 2.49. The first kappa shape index (κ1) is 11.6. The Morgan fingerprint density at radius 1 is 1.53 bits per heavy atom. The van der Waals surface area contributed by atoms with Gasteiger partial charge in [-0.25, -0.2) is 4.79 Å². The number of anilines is 1. The maximum absolute atomic E-state index is 11.2. The number of ether oxygens (including phenoxy) is 1. The summed E-state index contributed by atoms with van der Waals surface area (Å²) in [7, 11) is 2.96. The van der Waals surface area contributed by atoms with E-state index in [0.29, 0.717) is 5.82 Å². The second-order valence-corrected chi connectivity index (χ2v) is 4.42. The molecular weight excluding hydrogens is 194 g/mol. The normalized spacial score (nSPS) is 11.3.